The van der Waals surface area contributed by atoms with Gasteiger partial charge in [0, 0.05) is 28.1 Å². The van der Waals surface area contributed by atoms with E-state index >= 15 is 0 Å². The lowest BCUT2D eigenvalue weighted by Gasteiger charge is -2.30. The van der Waals surface area contributed by atoms with Gasteiger partial charge in [-0.2, -0.15) is 0 Å². The van der Waals surface area contributed by atoms with Gasteiger partial charge in [0.05, 0.1) is 31.5 Å². The molecular formula is C61H72O6. The smallest absolute Gasteiger partial charge is 0.119 e. The summed E-state index contributed by atoms with van der Waals surface area (Å²) in [5.41, 5.74) is 10.7. The highest BCUT2D eigenvalue weighted by molar-refractivity contribution is 5.47. The van der Waals surface area contributed by atoms with Crippen LogP contribution in [0.3, 0.4) is 0 Å². The molecule has 2 saturated heterocycles. The molecule has 6 aromatic carbocycles. The van der Waals surface area contributed by atoms with Crippen molar-refractivity contribution in [3.8, 4) is 17.2 Å². The minimum atomic E-state index is -0.534. The average molecular weight is 901 g/mol. The van der Waals surface area contributed by atoms with Gasteiger partial charge in [-0.3, -0.25) is 0 Å². The number of hydrogen-bond acceptors (Lipinski definition) is 6. The molecule has 6 nitrogen and oxygen atoms in total. The number of hydrogen-bond donors (Lipinski definition) is 1. The molecule has 4 atom stereocenters. The van der Waals surface area contributed by atoms with Gasteiger partial charge in [0.1, 0.15) is 36.6 Å². The Morgan fingerprint density at radius 1 is 0.478 bits per heavy atom. The average Bonchev–Trinajstić information content (AvgIpc) is 4.29. The molecule has 0 saturated carbocycles. The van der Waals surface area contributed by atoms with Crippen molar-refractivity contribution in [2.45, 2.75) is 134 Å². The van der Waals surface area contributed by atoms with Crippen molar-refractivity contribution in [1.29, 1.82) is 0 Å². The fraction of sp³-hybridized carbons (Fsp3) is 0.410. The summed E-state index contributed by atoms with van der Waals surface area (Å²) in [5, 5.41) is 10.9. The standard InChI is InChI=1S/C61H72O6/c1-42(37-56-39-65-56)67-55-35-29-51(30-36-55)61(8,9)48-23-21-47(22-24-48)59(4,5)49-25-31-53(32-26-49)63-38-52(62)12-10-11-43-13-15-44(16-14-43)58(2,3)45-17-19-46(20-18-45)60(6,7)50-27-33-54(34-28-50)64-40-57-41-66-57/h13-36,42,52,56-57,62H,10-12,37-41H2,1-9H3. The summed E-state index contributed by atoms with van der Waals surface area (Å²) in [7, 11) is 0. The molecule has 2 aliphatic rings. The number of aryl methyl sites for hydroxylation is 1. The zero-order chi connectivity index (χ0) is 47.4. The number of rotatable bonds is 22. The molecule has 4 unspecified atom stereocenters. The van der Waals surface area contributed by atoms with E-state index in [9.17, 15) is 5.11 Å². The number of aliphatic hydroxyl groups excluding tert-OH is 1. The number of ether oxygens (including phenoxy) is 5. The van der Waals surface area contributed by atoms with Crippen LogP contribution in [0.2, 0.25) is 0 Å². The van der Waals surface area contributed by atoms with Crippen LogP contribution in [-0.2, 0) is 37.6 Å². The van der Waals surface area contributed by atoms with E-state index in [1.807, 2.05) is 12.1 Å². The van der Waals surface area contributed by atoms with Gasteiger partial charge < -0.3 is 28.8 Å². The van der Waals surface area contributed by atoms with Crippen molar-refractivity contribution in [2.75, 3.05) is 26.4 Å². The largest absolute Gasteiger partial charge is 0.491 e. The first-order chi connectivity index (χ1) is 32.0. The van der Waals surface area contributed by atoms with Crippen molar-refractivity contribution in [1.82, 2.24) is 0 Å². The molecule has 2 fully saturated rings. The maximum atomic E-state index is 10.9. The Hall–Kier alpha value is -5.40. The van der Waals surface area contributed by atoms with Gasteiger partial charge in [-0.25, -0.2) is 0 Å². The van der Waals surface area contributed by atoms with Crippen molar-refractivity contribution < 1.29 is 28.8 Å². The van der Waals surface area contributed by atoms with E-state index in [2.05, 4.69) is 196 Å². The predicted octanol–water partition coefficient (Wildman–Crippen LogP) is 13.1. The minimum absolute atomic E-state index is 0.135. The molecule has 1 N–H and O–H groups in total. The maximum absolute atomic E-state index is 10.9. The first-order valence-corrected chi connectivity index (χ1v) is 24.4. The van der Waals surface area contributed by atoms with Crippen LogP contribution in [0, 0.1) is 0 Å². The van der Waals surface area contributed by atoms with E-state index in [0.717, 1.165) is 49.7 Å². The number of aliphatic hydroxyl groups is 1. The topological polar surface area (TPSA) is 73.0 Å². The summed E-state index contributed by atoms with van der Waals surface area (Å²) < 4.78 is 28.7. The summed E-state index contributed by atoms with van der Waals surface area (Å²) in [5.74, 6) is 2.55. The van der Waals surface area contributed by atoms with E-state index in [0.29, 0.717) is 19.1 Å². The third-order valence-corrected chi connectivity index (χ3v) is 14.7. The number of epoxide rings is 2. The van der Waals surface area contributed by atoms with Gasteiger partial charge >= 0.3 is 0 Å². The lowest BCUT2D eigenvalue weighted by Crippen LogP contribution is -2.22. The van der Waals surface area contributed by atoms with Crippen molar-refractivity contribution in [3.63, 3.8) is 0 Å². The van der Waals surface area contributed by atoms with E-state index in [-0.39, 0.29) is 40.5 Å². The maximum Gasteiger partial charge on any atom is 0.119 e. The van der Waals surface area contributed by atoms with Gasteiger partial charge in [0.25, 0.3) is 0 Å². The van der Waals surface area contributed by atoms with Crippen LogP contribution in [0.5, 0.6) is 17.2 Å². The summed E-state index contributed by atoms with van der Waals surface area (Å²) >= 11 is 0. The van der Waals surface area contributed by atoms with Crippen LogP contribution in [0.4, 0.5) is 0 Å². The quantitative estimate of drug-likeness (QED) is 0.0684. The lowest BCUT2D eigenvalue weighted by atomic mass is 9.74. The molecular weight excluding hydrogens is 829 g/mol. The molecule has 0 amide bonds. The Balaban J connectivity index is 0.775. The Morgan fingerprint density at radius 2 is 0.806 bits per heavy atom. The molecule has 0 aromatic heterocycles. The van der Waals surface area contributed by atoms with E-state index in [4.69, 9.17) is 23.7 Å². The fourth-order valence-corrected chi connectivity index (χ4v) is 9.27. The Labute approximate surface area is 400 Å². The fourth-order valence-electron chi connectivity index (χ4n) is 9.27. The predicted molar refractivity (Wildman–Crippen MR) is 271 cm³/mol. The van der Waals surface area contributed by atoms with Gasteiger partial charge in [-0.15, -0.1) is 0 Å². The third-order valence-electron chi connectivity index (χ3n) is 14.7. The summed E-state index contributed by atoms with van der Waals surface area (Å²) in [6.45, 7) is 22.9. The van der Waals surface area contributed by atoms with Gasteiger partial charge in [-0.05, 0) is 113 Å². The summed E-state index contributed by atoms with van der Waals surface area (Å²) in [4.78, 5) is 0. The highest BCUT2D eigenvalue weighted by Crippen LogP contribution is 2.39. The molecule has 67 heavy (non-hydrogen) atoms. The van der Waals surface area contributed by atoms with Crippen molar-refractivity contribution >= 4 is 0 Å². The molecule has 0 radical (unpaired) electrons. The highest BCUT2D eigenvalue weighted by Gasteiger charge is 2.30. The molecule has 2 heterocycles. The normalized spacial score (nSPS) is 17.1. The minimum Gasteiger partial charge on any atom is -0.491 e. The van der Waals surface area contributed by atoms with Crippen LogP contribution in [0.25, 0.3) is 0 Å². The molecule has 8 rings (SSSR count). The molecule has 6 aromatic rings. The second-order valence-electron chi connectivity index (χ2n) is 21.2. The van der Waals surface area contributed by atoms with Crippen molar-refractivity contribution in [2.24, 2.45) is 0 Å². The summed E-state index contributed by atoms with van der Waals surface area (Å²) in [6, 6.07) is 52.5. The molecule has 352 valence electrons. The van der Waals surface area contributed by atoms with Crippen LogP contribution in [0.15, 0.2) is 146 Å². The molecule has 6 heteroatoms. The van der Waals surface area contributed by atoms with Crippen LogP contribution < -0.4 is 14.2 Å². The van der Waals surface area contributed by atoms with Crippen LogP contribution >= 0.6 is 0 Å². The molecule has 0 bridgehead atoms. The van der Waals surface area contributed by atoms with Crippen LogP contribution in [0.1, 0.15) is 132 Å². The Bertz CT molecular complexity index is 2490. The zero-order valence-corrected chi connectivity index (χ0v) is 41.3. The monoisotopic (exact) mass is 901 g/mol. The second-order valence-corrected chi connectivity index (χ2v) is 21.2. The van der Waals surface area contributed by atoms with Crippen LogP contribution in [-0.4, -0.2) is 55.9 Å². The van der Waals surface area contributed by atoms with Gasteiger partial charge in [0.15, 0.2) is 0 Å². The zero-order valence-electron chi connectivity index (χ0n) is 41.3. The molecule has 0 spiro atoms. The molecule has 0 aliphatic carbocycles. The SMILES string of the molecule is CC(CC1CO1)Oc1ccc(C(C)(C)c2ccc(C(C)(C)c3ccc(OCC(O)CCCc4ccc(C(C)(C)c5ccc(C(C)(C)c6ccc(OCC7CO7)cc6)cc5)cc4)cc3)cc2)cc1. The lowest BCUT2D eigenvalue weighted by molar-refractivity contribution is 0.0982. The Morgan fingerprint density at radius 3 is 1.18 bits per heavy atom. The van der Waals surface area contributed by atoms with Gasteiger partial charge in [0.2, 0.25) is 0 Å². The van der Waals surface area contributed by atoms with E-state index in [1.54, 1.807) is 0 Å². The summed E-state index contributed by atoms with van der Waals surface area (Å²) in [6.07, 6.45) is 3.61. The van der Waals surface area contributed by atoms with E-state index < -0.39 is 6.10 Å². The third kappa shape index (κ3) is 11.8. The highest BCUT2D eigenvalue weighted by atomic mass is 16.6. The number of benzene rings is 6. The van der Waals surface area contributed by atoms with E-state index in [1.165, 1.54) is 50.1 Å². The first kappa shape index (κ1) is 48.1. The first-order valence-electron chi connectivity index (χ1n) is 24.4. The Kier molecular flexibility index (Phi) is 14.4. The second kappa shape index (κ2) is 20.1. The van der Waals surface area contributed by atoms with Crippen molar-refractivity contribution in [3.05, 3.63) is 196 Å². The van der Waals surface area contributed by atoms with Gasteiger partial charge in [-0.1, -0.05) is 165 Å². The molecule has 2 aliphatic heterocycles.